The van der Waals surface area contributed by atoms with Crippen LogP contribution in [0.5, 0.6) is 0 Å². The summed E-state index contributed by atoms with van der Waals surface area (Å²) in [5.74, 6) is 0. The molecule has 0 amide bonds. The topological polar surface area (TPSA) is 70.0 Å². The van der Waals surface area contributed by atoms with E-state index in [2.05, 4.69) is 20.7 Å². The molecule has 0 saturated carbocycles. The first-order valence-electron chi connectivity index (χ1n) is 4.54. The van der Waals surface area contributed by atoms with Crippen molar-refractivity contribution in [3.05, 3.63) is 28.2 Å². The summed E-state index contributed by atoms with van der Waals surface area (Å²) in [5.41, 5.74) is 1.45. The van der Waals surface area contributed by atoms with Gasteiger partial charge >= 0.3 is 0 Å². The lowest BCUT2D eigenvalue weighted by Gasteiger charge is -2.10. The minimum atomic E-state index is -3.62. The predicted molar refractivity (Wildman–Crippen MR) is 66.5 cm³/mol. The SMILES string of the molecule is Cc1ccc(NS(=O)(=O)C(C)C#N)cc1Br. The van der Waals surface area contributed by atoms with Crippen LogP contribution in [0.25, 0.3) is 0 Å². The fraction of sp³-hybridized carbons (Fsp3) is 0.300. The maximum absolute atomic E-state index is 11.6. The number of nitrogens with one attached hydrogen (secondary N) is 1. The molecule has 0 aliphatic rings. The molecule has 4 nitrogen and oxygen atoms in total. The maximum atomic E-state index is 11.6. The Balaban J connectivity index is 2.98. The van der Waals surface area contributed by atoms with E-state index in [1.165, 1.54) is 6.92 Å². The molecule has 0 aliphatic heterocycles. The van der Waals surface area contributed by atoms with Crippen molar-refractivity contribution in [2.75, 3.05) is 4.72 Å². The number of anilines is 1. The van der Waals surface area contributed by atoms with Crippen LogP contribution in [0.1, 0.15) is 12.5 Å². The average molecular weight is 303 g/mol. The number of sulfonamides is 1. The number of halogens is 1. The second-order valence-electron chi connectivity index (χ2n) is 3.38. The fourth-order valence-electron chi connectivity index (χ4n) is 0.978. The number of rotatable bonds is 3. The van der Waals surface area contributed by atoms with E-state index < -0.39 is 15.3 Å². The standard InChI is InChI=1S/C10H11BrN2O2S/c1-7-3-4-9(5-10(7)11)13-16(14,15)8(2)6-12/h3-5,8,13H,1-2H3. The molecule has 0 aliphatic carbocycles. The van der Waals surface area contributed by atoms with Crippen LogP contribution < -0.4 is 4.72 Å². The molecule has 1 N–H and O–H groups in total. The Bertz CT molecular complexity index is 534. The Labute approximate surface area is 103 Å². The quantitative estimate of drug-likeness (QED) is 0.932. The molecular formula is C10H11BrN2O2S. The third kappa shape index (κ3) is 2.97. The van der Waals surface area contributed by atoms with E-state index in [0.29, 0.717) is 5.69 Å². The highest BCUT2D eigenvalue weighted by atomic mass is 79.9. The smallest absolute Gasteiger partial charge is 0.248 e. The van der Waals surface area contributed by atoms with Gasteiger partial charge in [-0.25, -0.2) is 8.42 Å². The van der Waals surface area contributed by atoms with Gasteiger partial charge in [-0.2, -0.15) is 5.26 Å². The van der Waals surface area contributed by atoms with Gasteiger partial charge in [-0.1, -0.05) is 22.0 Å². The molecule has 0 fully saturated rings. The normalized spacial score (nSPS) is 12.9. The van der Waals surface area contributed by atoms with Gasteiger partial charge < -0.3 is 0 Å². The summed E-state index contributed by atoms with van der Waals surface area (Å²) in [4.78, 5) is 0. The Hall–Kier alpha value is -1.06. The second kappa shape index (κ2) is 4.85. The van der Waals surface area contributed by atoms with Crippen molar-refractivity contribution >= 4 is 31.6 Å². The first kappa shape index (κ1) is 13.0. The Morgan fingerprint density at radius 1 is 1.50 bits per heavy atom. The number of nitriles is 1. The Kier molecular flexibility index (Phi) is 3.94. The van der Waals surface area contributed by atoms with Crippen molar-refractivity contribution in [3.63, 3.8) is 0 Å². The number of hydrogen-bond acceptors (Lipinski definition) is 3. The second-order valence-corrected chi connectivity index (χ2v) is 6.24. The number of nitrogens with zero attached hydrogens (tertiary/aromatic N) is 1. The van der Waals surface area contributed by atoms with Crippen LogP contribution in [0.15, 0.2) is 22.7 Å². The van der Waals surface area contributed by atoms with Crippen molar-refractivity contribution < 1.29 is 8.42 Å². The minimum Gasteiger partial charge on any atom is -0.282 e. The van der Waals surface area contributed by atoms with Gasteiger partial charge in [0.15, 0.2) is 5.25 Å². The van der Waals surface area contributed by atoms with Crippen molar-refractivity contribution in [1.29, 1.82) is 5.26 Å². The molecular weight excluding hydrogens is 292 g/mol. The first-order chi connectivity index (χ1) is 7.36. The Morgan fingerprint density at radius 2 is 2.12 bits per heavy atom. The molecule has 86 valence electrons. The molecule has 0 spiro atoms. The molecule has 1 unspecified atom stereocenters. The summed E-state index contributed by atoms with van der Waals surface area (Å²) in [5, 5.41) is 7.49. The maximum Gasteiger partial charge on any atom is 0.248 e. The number of aryl methyl sites for hydroxylation is 1. The molecule has 0 bridgehead atoms. The van der Waals surface area contributed by atoms with Crippen LogP contribution in [0, 0.1) is 18.3 Å². The largest absolute Gasteiger partial charge is 0.282 e. The van der Waals surface area contributed by atoms with E-state index >= 15 is 0 Å². The van der Waals surface area contributed by atoms with Gasteiger partial charge in [-0.15, -0.1) is 0 Å². The zero-order chi connectivity index (χ0) is 12.3. The highest BCUT2D eigenvalue weighted by Gasteiger charge is 2.19. The van der Waals surface area contributed by atoms with E-state index in [9.17, 15) is 8.42 Å². The average Bonchev–Trinajstić information content (AvgIpc) is 2.22. The monoisotopic (exact) mass is 302 g/mol. The molecule has 1 atom stereocenters. The van der Waals surface area contributed by atoms with Gasteiger partial charge in [0.25, 0.3) is 0 Å². The van der Waals surface area contributed by atoms with Gasteiger partial charge in [-0.3, -0.25) is 4.72 Å². The van der Waals surface area contributed by atoms with Gasteiger partial charge in [0.05, 0.1) is 6.07 Å². The van der Waals surface area contributed by atoms with Crippen LogP contribution in [-0.4, -0.2) is 13.7 Å². The molecule has 1 aromatic carbocycles. The first-order valence-corrected chi connectivity index (χ1v) is 6.88. The molecule has 0 radical (unpaired) electrons. The molecule has 1 aromatic rings. The van der Waals surface area contributed by atoms with E-state index in [4.69, 9.17) is 5.26 Å². The zero-order valence-electron chi connectivity index (χ0n) is 8.86. The third-order valence-electron chi connectivity index (χ3n) is 2.08. The molecule has 0 aromatic heterocycles. The zero-order valence-corrected chi connectivity index (χ0v) is 11.3. The van der Waals surface area contributed by atoms with Crippen LogP contribution in [0.2, 0.25) is 0 Å². The third-order valence-corrected chi connectivity index (χ3v) is 4.49. The van der Waals surface area contributed by atoms with Crippen LogP contribution in [-0.2, 0) is 10.0 Å². The molecule has 16 heavy (non-hydrogen) atoms. The van der Waals surface area contributed by atoms with Gasteiger partial charge in [0.2, 0.25) is 10.0 Å². The number of benzene rings is 1. The van der Waals surface area contributed by atoms with Crippen LogP contribution in [0.4, 0.5) is 5.69 Å². The van der Waals surface area contributed by atoms with Gasteiger partial charge in [0.1, 0.15) is 0 Å². The van der Waals surface area contributed by atoms with E-state index in [1.54, 1.807) is 24.3 Å². The molecule has 6 heteroatoms. The molecule has 0 saturated heterocycles. The highest BCUT2D eigenvalue weighted by Crippen LogP contribution is 2.21. The molecule has 1 rings (SSSR count). The van der Waals surface area contributed by atoms with Gasteiger partial charge in [-0.05, 0) is 31.5 Å². The van der Waals surface area contributed by atoms with E-state index in [-0.39, 0.29) is 0 Å². The summed E-state index contributed by atoms with van der Waals surface area (Å²) in [6, 6.07) is 6.80. The van der Waals surface area contributed by atoms with Crippen molar-refractivity contribution in [3.8, 4) is 6.07 Å². The van der Waals surface area contributed by atoms with Crippen molar-refractivity contribution in [2.24, 2.45) is 0 Å². The minimum absolute atomic E-state index is 0.444. The lowest BCUT2D eigenvalue weighted by atomic mass is 10.2. The van der Waals surface area contributed by atoms with Crippen molar-refractivity contribution in [1.82, 2.24) is 0 Å². The van der Waals surface area contributed by atoms with E-state index in [0.717, 1.165) is 10.0 Å². The number of hydrogen-bond donors (Lipinski definition) is 1. The molecule has 0 heterocycles. The summed E-state index contributed by atoms with van der Waals surface area (Å²) in [7, 11) is -3.62. The summed E-state index contributed by atoms with van der Waals surface area (Å²) < 4.78 is 26.3. The van der Waals surface area contributed by atoms with Crippen LogP contribution >= 0.6 is 15.9 Å². The van der Waals surface area contributed by atoms with Crippen LogP contribution in [0.3, 0.4) is 0 Å². The lowest BCUT2D eigenvalue weighted by molar-refractivity contribution is 0.597. The highest BCUT2D eigenvalue weighted by molar-refractivity contribution is 9.10. The fourth-order valence-corrected chi connectivity index (χ4v) is 2.13. The van der Waals surface area contributed by atoms with Gasteiger partial charge in [0, 0.05) is 10.2 Å². The summed E-state index contributed by atoms with van der Waals surface area (Å²) >= 11 is 3.31. The van der Waals surface area contributed by atoms with Crippen molar-refractivity contribution in [2.45, 2.75) is 19.1 Å². The summed E-state index contributed by atoms with van der Waals surface area (Å²) in [6.45, 7) is 3.24. The Morgan fingerprint density at radius 3 is 2.62 bits per heavy atom. The van der Waals surface area contributed by atoms with E-state index in [1.807, 2.05) is 6.92 Å². The lowest BCUT2D eigenvalue weighted by Crippen LogP contribution is -2.23. The predicted octanol–water partition coefficient (Wildman–Crippen LogP) is 2.41. The summed E-state index contributed by atoms with van der Waals surface area (Å²) in [6.07, 6.45) is 0.